The number of hydrogen-bond acceptors (Lipinski definition) is 7. The Bertz CT molecular complexity index is 367. The van der Waals surface area contributed by atoms with Crippen LogP contribution in [0.5, 0.6) is 0 Å². The van der Waals surface area contributed by atoms with Crippen LogP contribution < -0.4 is 16.6 Å². The molecule has 1 aromatic rings. The zero-order chi connectivity index (χ0) is 13.9. The molecule has 1 rings (SSSR count). The Morgan fingerprint density at radius 3 is 2.89 bits per heavy atom. The number of methoxy groups -OCH3 is 1. The first-order chi connectivity index (χ1) is 9.27. The zero-order valence-electron chi connectivity index (χ0n) is 11.0. The number of nitrogens with one attached hydrogen (secondary N) is 2. The monoisotopic (exact) mass is 289 g/mol. The molecule has 0 radical (unpaired) electrons. The molecule has 0 aromatic carbocycles. The Balaban J connectivity index is 2.15. The third-order valence-corrected chi connectivity index (χ3v) is 2.59. The summed E-state index contributed by atoms with van der Waals surface area (Å²) in [4.78, 5) is 8.00. The van der Waals surface area contributed by atoms with E-state index >= 15 is 0 Å². The van der Waals surface area contributed by atoms with Crippen LogP contribution in [-0.4, -0.2) is 43.4 Å². The number of nitrogens with two attached hydrogens (primary N) is 1. The maximum atomic E-state index is 5.96. The summed E-state index contributed by atoms with van der Waals surface area (Å²) in [7, 11) is 1.66. The van der Waals surface area contributed by atoms with Gasteiger partial charge in [-0.15, -0.1) is 0 Å². The minimum Gasteiger partial charge on any atom is -0.382 e. The summed E-state index contributed by atoms with van der Waals surface area (Å²) in [5, 5.41) is 3.60. The molecule has 108 valence electrons. The molecule has 0 aliphatic carbocycles. The van der Waals surface area contributed by atoms with Crippen molar-refractivity contribution in [1.82, 2.24) is 9.97 Å². The number of unbranched alkanes of at least 4 members (excludes halogenated alkanes) is 1. The average Bonchev–Trinajstić information content (AvgIpc) is 2.43. The van der Waals surface area contributed by atoms with E-state index < -0.39 is 0 Å². The number of halogens is 1. The third-order valence-electron chi connectivity index (χ3n) is 2.31. The molecule has 0 saturated carbocycles. The quantitative estimate of drug-likeness (QED) is 0.339. The number of hydrazine groups is 1. The second-order valence-corrected chi connectivity index (χ2v) is 4.18. The first-order valence-corrected chi connectivity index (χ1v) is 6.45. The lowest BCUT2D eigenvalue weighted by Crippen LogP contribution is -2.12. The molecule has 1 aromatic heterocycles. The van der Waals surface area contributed by atoms with E-state index in [0.717, 1.165) is 26.0 Å². The van der Waals surface area contributed by atoms with Gasteiger partial charge >= 0.3 is 0 Å². The summed E-state index contributed by atoms with van der Waals surface area (Å²) in [6, 6.07) is 0. The number of hydrogen-bond donors (Lipinski definition) is 3. The fourth-order valence-electron chi connectivity index (χ4n) is 1.34. The zero-order valence-corrected chi connectivity index (χ0v) is 11.7. The number of anilines is 2. The highest BCUT2D eigenvalue weighted by molar-refractivity contribution is 6.32. The number of ether oxygens (including phenoxy) is 2. The minimum absolute atomic E-state index is 0.329. The highest BCUT2D eigenvalue weighted by Crippen LogP contribution is 2.18. The SMILES string of the molecule is COCCOCCCCNc1nc(NN)ncc1Cl. The number of nitrogens with zero attached hydrogens (tertiary/aromatic N) is 2. The fourth-order valence-corrected chi connectivity index (χ4v) is 1.50. The highest BCUT2D eigenvalue weighted by atomic mass is 35.5. The molecule has 8 heteroatoms. The van der Waals surface area contributed by atoms with Crippen molar-refractivity contribution in [2.24, 2.45) is 5.84 Å². The summed E-state index contributed by atoms with van der Waals surface area (Å²) >= 11 is 5.96. The second-order valence-electron chi connectivity index (χ2n) is 3.77. The van der Waals surface area contributed by atoms with Crippen molar-refractivity contribution in [3.05, 3.63) is 11.2 Å². The smallest absolute Gasteiger partial charge is 0.239 e. The molecular formula is C11H20ClN5O2. The van der Waals surface area contributed by atoms with Crippen molar-refractivity contribution in [1.29, 1.82) is 0 Å². The van der Waals surface area contributed by atoms with E-state index in [1.54, 1.807) is 7.11 Å². The van der Waals surface area contributed by atoms with Gasteiger partial charge in [0, 0.05) is 20.3 Å². The molecule has 0 amide bonds. The van der Waals surface area contributed by atoms with E-state index in [1.165, 1.54) is 6.20 Å². The Labute approximate surface area is 117 Å². The van der Waals surface area contributed by atoms with Crippen molar-refractivity contribution in [3.8, 4) is 0 Å². The summed E-state index contributed by atoms with van der Waals surface area (Å²) < 4.78 is 10.2. The van der Waals surface area contributed by atoms with Gasteiger partial charge in [-0.3, -0.25) is 5.43 Å². The van der Waals surface area contributed by atoms with Gasteiger partial charge in [-0.1, -0.05) is 11.6 Å². The molecule has 0 fully saturated rings. The molecule has 4 N–H and O–H groups in total. The average molecular weight is 290 g/mol. The molecule has 0 unspecified atom stereocenters. The van der Waals surface area contributed by atoms with Crippen LogP contribution in [-0.2, 0) is 9.47 Å². The van der Waals surface area contributed by atoms with Gasteiger partial charge < -0.3 is 14.8 Å². The third kappa shape index (κ3) is 6.53. The van der Waals surface area contributed by atoms with E-state index in [1.807, 2.05) is 0 Å². The van der Waals surface area contributed by atoms with E-state index in [9.17, 15) is 0 Å². The van der Waals surface area contributed by atoms with Crippen LogP contribution in [0.3, 0.4) is 0 Å². The van der Waals surface area contributed by atoms with Crippen LogP contribution in [0.1, 0.15) is 12.8 Å². The predicted octanol–water partition coefficient (Wildman–Crippen LogP) is 1.27. The molecule has 0 aliphatic heterocycles. The Morgan fingerprint density at radius 2 is 2.16 bits per heavy atom. The van der Waals surface area contributed by atoms with E-state index in [0.29, 0.717) is 30.0 Å². The summed E-state index contributed by atoms with van der Waals surface area (Å²) in [6.07, 6.45) is 3.42. The van der Waals surface area contributed by atoms with Crippen molar-refractivity contribution in [2.45, 2.75) is 12.8 Å². The maximum absolute atomic E-state index is 5.96. The largest absolute Gasteiger partial charge is 0.382 e. The number of rotatable bonds is 10. The van der Waals surface area contributed by atoms with E-state index in [4.69, 9.17) is 26.9 Å². The molecule has 19 heavy (non-hydrogen) atoms. The van der Waals surface area contributed by atoms with Gasteiger partial charge in [-0.2, -0.15) is 4.98 Å². The highest BCUT2D eigenvalue weighted by Gasteiger charge is 2.03. The van der Waals surface area contributed by atoms with Crippen molar-refractivity contribution in [3.63, 3.8) is 0 Å². The first kappa shape index (κ1) is 15.9. The molecule has 0 aliphatic rings. The van der Waals surface area contributed by atoms with Crippen LogP contribution in [0.2, 0.25) is 5.02 Å². The normalized spacial score (nSPS) is 10.5. The Morgan fingerprint density at radius 1 is 1.32 bits per heavy atom. The van der Waals surface area contributed by atoms with Crippen LogP contribution in [0, 0.1) is 0 Å². The standard InChI is InChI=1S/C11H20ClN5O2/c1-18-6-7-19-5-3-2-4-14-10-9(12)8-15-11(16-10)17-13/h8H,2-7,13H2,1H3,(H2,14,15,16,17). The predicted molar refractivity (Wildman–Crippen MR) is 75.3 cm³/mol. The number of nitrogen functional groups attached to an aromatic ring is 1. The molecule has 0 saturated heterocycles. The maximum Gasteiger partial charge on any atom is 0.239 e. The number of aromatic nitrogens is 2. The molecule has 0 bridgehead atoms. The van der Waals surface area contributed by atoms with E-state index in [2.05, 4.69) is 20.7 Å². The van der Waals surface area contributed by atoms with Gasteiger partial charge in [0.15, 0.2) is 5.82 Å². The molecule has 7 nitrogen and oxygen atoms in total. The van der Waals surface area contributed by atoms with Crippen molar-refractivity contribution in [2.75, 3.05) is 44.2 Å². The lowest BCUT2D eigenvalue weighted by Gasteiger charge is -2.08. The van der Waals surface area contributed by atoms with Gasteiger partial charge in [-0.25, -0.2) is 10.8 Å². The Kier molecular flexibility index (Phi) is 8.15. The van der Waals surface area contributed by atoms with Crippen LogP contribution in [0.4, 0.5) is 11.8 Å². The van der Waals surface area contributed by atoms with E-state index in [-0.39, 0.29) is 0 Å². The second kappa shape index (κ2) is 9.74. The molecule has 1 heterocycles. The fraction of sp³-hybridized carbons (Fsp3) is 0.636. The van der Waals surface area contributed by atoms with Gasteiger partial charge in [0.1, 0.15) is 5.02 Å². The summed E-state index contributed by atoms with van der Waals surface area (Å²) in [6.45, 7) is 2.74. The summed E-state index contributed by atoms with van der Waals surface area (Å²) in [5.41, 5.74) is 2.37. The molecular weight excluding hydrogens is 270 g/mol. The van der Waals surface area contributed by atoms with Crippen molar-refractivity contribution < 1.29 is 9.47 Å². The lowest BCUT2D eigenvalue weighted by molar-refractivity contribution is 0.0691. The molecule has 0 atom stereocenters. The van der Waals surface area contributed by atoms with Crippen LogP contribution in [0.25, 0.3) is 0 Å². The first-order valence-electron chi connectivity index (χ1n) is 6.07. The van der Waals surface area contributed by atoms with Crippen LogP contribution >= 0.6 is 11.6 Å². The van der Waals surface area contributed by atoms with Crippen LogP contribution in [0.15, 0.2) is 6.20 Å². The van der Waals surface area contributed by atoms with Gasteiger partial charge in [-0.05, 0) is 12.8 Å². The lowest BCUT2D eigenvalue weighted by atomic mass is 10.3. The summed E-state index contributed by atoms with van der Waals surface area (Å²) in [5.74, 6) is 6.13. The minimum atomic E-state index is 0.329. The van der Waals surface area contributed by atoms with Gasteiger partial charge in [0.25, 0.3) is 0 Å². The topological polar surface area (TPSA) is 94.3 Å². The molecule has 0 spiro atoms. The van der Waals surface area contributed by atoms with Gasteiger partial charge in [0.05, 0.1) is 19.4 Å². The van der Waals surface area contributed by atoms with Crippen molar-refractivity contribution >= 4 is 23.4 Å². The Hall–Kier alpha value is -1.15. The van der Waals surface area contributed by atoms with Gasteiger partial charge in [0.2, 0.25) is 5.95 Å².